The van der Waals surface area contributed by atoms with Gasteiger partial charge in [-0.1, -0.05) is 90.4 Å². The summed E-state index contributed by atoms with van der Waals surface area (Å²) in [5, 5.41) is 63.6. The molecule has 1 heterocycles. The van der Waals surface area contributed by atoms with Gasteiger partial charge in [0.25, 0.3) is 5.91 Å². The molecule has 0 saturated carbocycles. The molecule has 0 aromatic rings. The molecule has 0 bridgehead atoms. The van der Waals surface area contributed by atoms with Gasteiger partial charge in [0.2, 0.25) is 20.8 Å². The molecule has 2 unspecified atom stereocenters. The van der Waals surface area contributed by atoms with Crippen LogP contribution in [0.3, 0.4) is 0 Å². The Bertz CT molecular complexity index is 1070. The summed E-state index contributed by atoms with van der Waals surface area (Å²) >= 11 is 0. The summed E-state index contributed by atoms with van der Waals surface area (Å²) < 4.78 is 79.5. The molecule has 18 nitrogen and oxygen atoms in total. The van der Waals surface area contributed by atoms with Crippen LogP contribution in [-0.4, -0.2) is 135 Å². The van der Waals surface area contributed by atoms with Crippen molar-refractivity contribution in [2.24, 2.45) is 0 Å². The minimum Gasteiger partial charge on any atom is -0.726 e. The van der Waals surface area contributed by atoms with Crippen LogP contribution in [0.1, 0.15) is 96.8 Å². The molecule has 0 radical (unpaired) electrons. The van der Waals surface area contributed by atoms with E-state index in [-0.39, 0.29) is 65.7 Å². The molecule has 0 aliphatic carbocycles. The number of rotatable bonds is 24. The first-order chi connectivity index (χ1) is 22.3. The Balaban J connectivity index is -0.00000293. The summed E-state index contributed by atoms with van der Waals surface area (Å²) in [6.07, 6.45) is -0.709. The molecular weight excluding hydrogens is 732 g/mol. The minimum absolute atomic E-state index is 0. The molecule has 8 N–H and O–H groups in total. The summed E-state index contributed by atoms with van der Waals surface area (Å²) in [5.74, 6) is -0.941. The third-order valence-corrected chi connectivity index (χ3v) is 7.90. The smallest absolute Gasteiger partial charge is 0.726 e. The summed E-state index contributed by atoms with van der Waals surface area (Å²) in [5.41, 5.74) is 0. The van der Waals surface area contributed by atoms with Gasteiger partial charge in [-0.25, -0.2) is 16.8 Å². The monoisotopic (exact) mass is 786 g/mol. The van der Waals surface area contributed by atoms with Crippen LogP contribution in [0.2, 0.25) is 0 Å². The number of unbranched alkanes of at least 4 members (excludes halogenated alkanes) is 13. The Hall–Kier alpha value is 0.890. The Morgan fingerprint density at radius 3 is 1.62 bits per heavy atom. The number of carbonyl (C=O) groups is 1. The average Bonchev–Trinajstić information content (AvgIpc) is 2.98. The fourth-order valence-corrected chi connectivity index (χ4v) is 5.14. The van der Waals surface area contributed by atoms with Crippen LogP contribution in [-0.2, 0) is 39.2 Å². The largest absolute Gasteiger partial charge is 1.00 e. The van der Waals surface area contributed by atoms with Crippen LogP contribution in [0.5, 0.6) is 0 Å². The Labute approximate surface area is 340 Å². The second kappa shape index (κ2) is 30.2. The zero-order valence-corrected chi connectivity index (χ0v) is 34.9. The van der Waals surface area contributed by atoms with Crippen molar-refractivity contribution >= 4 is 26.7 Å². The van der Waals surface area contributed by atoms with Crippen molar-refractivity contribution in [2.45, 2.75) is 152 Å². The maximum Gasteiger partial charge on any atom is 1.00 e. The Kier molecular flexibility index (Phi) is 33.3. The summed E-state index contributed by atoms with van der Waals surface area (Å²) in [6, 6.07) is 0. The van der Waals surface area contributed by atoms with Crippen molar-refractivity contribution in [2.75, 3.05) is 13.2 Å². The van der Waals surface area contributed by atoms with Gasteiger partial charge < -0.3 is 61.5 Å². The third-order valence-electron chi connectivity index (χ3n) is 7.47. The number of nitrogens with one attached hydrogen (secondary N) is 1. The number of carbonyl (C=O) groups excluding carboxylic acids is 1. The van der Waals surface area contributed by atoms with Crippen LogP contribution in [0.15, 0.2) is 0 Å². The molecule has 1 rings (SSSR count). The minimum atomic E-state index is -5.18. The van der Waals surface area contributed by atoms with E-state index in [1.807, 2.05) is 0 Å². The SMILES string of the molecule is O=S(=O)([O-])O.[CH2-][C@@H](O)[C@@H](O[C@@H]1OC(COS(=O)(=O)[O-])[C@H](O)[C@H](O)C1O)[C@H](O)[C@@H](O)C(=O)NCCCCCCCCCCCCCCCC.[Na+].[Na+]. The average molecular weight is 787 g/mol. The van der Waals surface area contributed by atoms with Crippen molar-refractivity contribution in [3.05, 3.63) is 6.92 Å². The standard InChI is InChI=1S/C28H54NO13S.2Na.H2O4S/c1-3-4-5-6-7-8-9-10-11-12-13-14-15-16-17-29-27(36)24(34)23(33)26(19(2)30)42-28-25(35)22(32)21(31)20(41-28)18-40-43(37,38)39;;;1-5(2,3)4/h19-26,28,30-35H,2-18H2,1H3,(H,29,36)(H,37,38,39);;;(H2,1,2,3,4)/q-1;2*+1;/p-2/t19-,20?,21+,22+,23-,24-,25?,26-,28+;;;/m1.../s1. The van der Waals surface area contributed by atoms with E-state index in [0.29, 0.717) is 6.42 Å². The van der Waals surface area contributed by atoms with Gasteiger partial charge >= 0.3 is 59.1 Å². The number of aliphatic hydroxyl groups excluding tert-OH is 6. The normalized spacial score (nSPS) is 23.2. The number of aliphatic hydroxyl groups is 6. The van der Waals surface area contributed by atoms with Crippen LogP contribution in [0.25, 0.3) is 0 Å². The second-order valence-corrected chi connectivity index (χ2v) is 13.5. The van der Waals surface area contributed by atoms with E-state index >= 15 is 0 Å². The Morgan fingerprint density at radius 1 is 0.800 bits per heavy atom. The maximum absolute atomic E-state index is 12.4. The van der Waals surface area contributed by atoms with Crippen molar-refractivity contribution in [3.8, 4) is 0 Å². The van der Waals surface area contributed by atoms with E-state index in [2.05, 4.69) is 23.3 Å². The fourth-order valence-electron chi connectivity index (χ4n) is 4.84. The topological polar surface area (TPSA) is 313 Å². The van der Waals surface area contributed by atoms with Crippen LogP contribution < -0.4 is 64.4 Å². The second-order valence-electron chi connectivity index (χ2n) is 11.6. The molecule has 1 aliphatic rings. The molecule has 0 aromatic carbocycles. The zero-order chi connectivity index (χ0) is 36.9. The van der Waals surface area contributed by atoms with Crippen molar-refractivity contribution < 1.29 is 139 Å². The maximum atomic E-state index is 12.4. The number of hydrogen-bond acceptors (Lipinski definition) is 16. The molecule has 1 saturated heterocycles. The van der Waals surface area contributed by atoms with Crippen LogP contribution in [0.4, 0.5) is 0 Å². The van der Waals surface area contributed by atoms with E-state index in [1.165, 1.54) is 64.2 Å². The molecule has 0 aromatic heterocycles. The zero-order valence-electron chi connectivity index (χ0n) is 29.2. The number of ether oxygens (including phenoxy) is 2. The van der Waals surface area contributed by atoms with E-state index in [1.54, 1.807) is 0 Å². The number of hydrogen-bond donors (Lipinski definition) is 8. The van der Waals surface area contributed by atoms with E-state index < -0.39 is 88.4 Å². The first-order valence-electron chi connectivity index (χ1n) is 16.1. The molecule has 22 heteroatoms. The summed E-state index contributed by atoms with van der Waals surface area (Å²) in [7, 11) is -10.1. The predicted octanol–water partition coefficient (Wildman–Crippen LogP) is -6.82. The number of amides is 1. The molecule has 9 atom stereocenters. The molecule has 50 heavy (non-hydrogen) atoms. The van der Waals surface area contributed by atoms with E-state index in [0.717, 1.165) is 19.3 Å². The quantitative estimate of drug-likeness (QED) is 0.0148. The van der Waals surface area contributed by atoms with Crippen LogP contribution in [0, 0.1) is 6.92 Å². The molecule has 1 fully saturated rings. The first-order valence-corrected chi connectivity index (χ1v) is 18.8. The third kappa shape index (κ3) is 27.5. The molecule has 1 amide bonds. The van der Waals surface area contributed by atoms with E-state index in [4.69, 9.17) is 27.0 Å². The molecule has 1 aliphatic heterocycles. The fraction of sp³-hybridized carbons (Fsp3) is 0.929. The predicted molar refractivity (Wildman–Crippen MR) is 166 cm³/mol. The van der Waals surface area contributed by atoms with Crippen molar-refractivity contribution in [1.29, 1.82) is 0 Å². The van der Waals surface area contributed by atoms with Gasteiger partial charge in [-0.3, -0.25) is 13.5 Å². The van der Waals surface area contributed by atoms with Crippen LogP contribution >= 0.6 is 0 Å². The van der Waals surface area contributed by atoms with Crippen molar-refractivity contribution in [3.63, 3.8) is 0 Å². The van der Waals surface area contributed by atoms with Gasteiger partial charge in [0, 0.05) is 6.54 Å². The van der Waals surface area contributed by atoms with E-state index in [9.17, 15) is 48.4 Å². The van der Waals surface area contributed by atoms with Gasteiger partial charge in [-0.15, -0.1) is 0 Å². The van der Waals surface area contributed by atoms with Gasteiger partial charge in [-0.05, 0) is 12.5 Å². The summed E-state index contributed by atoms with van der Waals surface area (Å²) in [6.45, 7) is 4.72. The first kappa shape index (κ1) is 55.2. The molecule has 288 valence electrons. The van der Waals surface area contributed by atoms with Gasteiger partial charge in [-0.2, -0.15) is 0 Å². The molecular formula is C28H54NNa2O17S2-. The van der Waals surface area contributed by atoms with Crippen molar-refractivity contribution in [1.82, 2.24) is 5.32 Å². The molecule has 0 spiro atoms. The Morgan fingerprint density at radius 2 is 1.22 bits per heavy atom. The van der Waals surface area contributed by atoms with Gasteiger partial charge in [0.05, 0.1) is 12.7 Å². The van der Waals surface area contributed by atoms with Gasteiger partial charge in [0.15, 0.2) is 12.4 Å². The van der Waals surface area contributed by atoms with Gasteiger partial charge in [0.1, 0.15) is 30.5 Å². The summed E-state index contributed by atoms with van der Waals surface area (Å²) in [4.78, 5) is 12.4.